The zero-order valence-corrected chi connectivity index (χ0v) is 12.8. The highest BCUT2D eigenvalue weighted by Gasteiger charge is 2.20. The van der Waals surface area contributed by atoms with E-state index in [0.717, 1.165) is 10.4 Å². The molecule has 0 spiro atoms. The Morgan fingerprint density at radius 3 is 3.00 bits per heavy atom. The maximum absolute atomic E-state index is 13.3. The van der Waals surface area contributed by atoms with E-state index in [-0.39, 0.29) is 11.7 Å². The third kappa shape index (κ3) is 2.62. The van der Waals surface area contributed by atoms with E-state index >= 15 is 0 Å². The number of hydrogen-bond acceptors (Lipinski definition) is 5. The fourth-order valence-corrected chi connectivity index (χ4v) is 3.70. The van der Waals surface area contributed by atoms with E-state index in [0.29, 0.717) is 22.5 Å². The second kappa shape index (κ2) is 5.42. The Hall–Kier alpha value is -1.99. The quantitative estimate of drug-likeness (QED) is 0.805. The summed E-state index contributed by atoms with van der Waals surface area (Å²) < 4.78 is 14.1. The minimum Gasteiger partial charge on any atom is -0.397 e. The molecule has 0 aliphatic rings. The van der Waals surface area contributed by atoms with Gasteiger partial charge in [0.15, 0.2) is 0 Å². The molecule has 108 valence electrons. The van der Waals surface area contributed by atoms with Crippen LogP contribution in [0.25, 0.3) is 10.1 Å². The van der Waals surface area contributed by atoms with Crippen LogP contribution in [0.2, 0.25) is 0 Å². The van der Waals surface area contributed by atoms with Gasteiger partial charge in [0, 0.05) is 22.5 Å². The van der Waals surface area contributed by atoms with E-state index in [9.17, 15) is 9.18 Å². The summed E-state index contributed by atoms with van der Waals surface area (Å²) in [5.74, 6) is -0.538. The normalized spacial score (nSPS) is 11.0. The van der Waals surface area contributed by atoms with E-state index in [1.807, 2.05) is 5.38 Å². The van der Waals surface area contributed by atoms with Gasteiger partial charge in [0.1, 0.15) is 10.7 Å². The molecule has 0 saturated heterocycles. The van der Waals surface area contributed by atoms with Crippen molar-refractivity contribution in [3.05, 3.63) is 45.5 Å². The molecule has 3 aromatic rings. The molecule has 0 bridgehead atoms. The molecule has 0 saturated carbocycles. The number of rotatable bonds is 3. The first-order chi connectivity index (χ1) is 10.1. The fraction of sp³-hybridized carbons (Fsp3) is 0.143. The first-order valence-electron chi connectivity index (χ1n) is 6.16. The van der Waals surface area contributed by atoms with E-state index in [4.69, 9.17) is 5.73 Å². The van der Waals surface area contributed by atoms with Crippen LogP contribution in [0.1, 0.15) is 15.4 Å². The average molecular weight is 321 g/mol. The lowest BCUT2D eigenvalue weighted by molar-refractivity contribution is 0.0789. The van der Waals surface area contributed by atoms with Crippen molar-refractivity contribution in [3.8, 4) is 0 Å². The first-order valence-corrected chi connectivity index (χ1v) is 7.92. The number of benzene rings is 1. The molecule has 2 heterocycles. The summed E-state index contributed by atoms with van der Waals surface area (Å²) in [6, 6.07) is 4.37. The highest BCUT2D eigenvalue weighted by molar-refractivity contribution is 7.21. The molecule has 0 aliphatic heterocycles. The number of anilines is 1. The number of carbonyl (C=O) groups excluding carboxylic acids is 1. The second-order valence-electron chi connectivity index (χ2n) is 4.63. The molecule has 2 aromatic heterocycles. The van der Waals surface area contributed by atoms with Gasteiger partial charge in [0.2, 0.25) is 0 Å². The van der Waals surface area contributed by atoms with Crippen LogP contribution in [0.4, 0.5) is 10.1 Å². The Morgan fingerprint density at radius 2 is 2.29 bits per heavy atom. The van der Waals surface area contributed by atoms with Gasteiger partial charge in [-0.05, 0) is 18.2 Å². The minimum atomic E-state index is -0.359. The van der Waals surface area contributed by atoms with Gasteiger partial charge < -0.3 is 10.6 Å². The van der Waals surface area contributed by atoms with Crippen LogP contribution in [0, 0.1) is 5.82 Å². The Kier molecular flexibility index (Phi) is 3.60. The van der Waals surface area contributed by atoms with Crippen LogP contribution in [0.3, 0.4) is 0 Å². The third-order valence-electron chi connectivity index (χ3n) is 3.11. The highest BCUT2D eigenvalue weighted by Crippen LogP contribution is 2.34. The molecule has 4 nitrogen and oxygen atoms in total. The number of thiophene rings is 1. The van der Waals surface area contributed by atoms with Crippen molar-refractivity contribution in [3.63, 3.8) is 0 Å². The fourth-order valence-electron chi connectivity index (χ4n) is 2.05. The highest BCUT2D eigenvalue weighted by atomic mass is 32.1. The Labute approximate surface area is 128 Å². The van der Waals surface area contributed by atoms with E-state index < -0.39 is 0 Å². The number of nitrogens with zero attached hydrogens (tertiary/aromatic N) is 2. The molecule has 0 aliphatic carbocycles. The molecule has 0 radical (unpaired) electrons. The maximum atomic E-state index is 13.3. The smallest absolute Gasteiger partial charge is 0.266 e. The second-order valence-corrected chi connectivity index (χ2v) is 6.40. The number of nitrogen functional groups attached to an aromatic ring is 1. The zero-order valence-electron chi connectivity index (χ0n) is 11.2. The van der Waals surface area contributed by atoms with Crippen molar-refractivity contribution in [2.45, 2.75) is 6.54 Å². The van der Waals surface area contributed by atoms with Gasteiger partial charge in [-0.25, -0.2) is 9.37 Å². The predicted molar refractivity (Wildman–Crippen MR) is 84.1 cm³/mol. The summed E-state index contributed by atoms with van der Waals surface area (Å²) in [6.45, 7) is 0.421. The molecule has 7 heteroatoms. The van der Waals surface area contributed by atoms with Gasteiger partial charge >= 0.3 is 0 Å². The maximum Gasteiger partial charge on any atom is 0.266 e. The first kappa shape index (κ1) is 14.0. The summed E-state index contributed by atoms with van der Waals surface area (Å²) in [7, 11) is 1.70. The van der Waals surface area contributed by atoms with Gasteiger partial charge in [-0.15, -0.1) is 22.7 Å². The van der Waals surface area contributed by atoms with Gasteiger partial charge in [-0.3, -0.25) is 4.79 Å². The lowest BCUT2D eigenvalue weighted by Gasteiger charge is -2.15. The zero-order chi connectivity index (χ0) is 15.0. The SMILES string of the molecule is CN(Cc1cscn1)C(=O)c1sc2ccc(F)cc2c1N. The Morgan fingerprint density at radius 1 is 1.48 bits per heavy atom. The number of carbonyl (C=O) groups is 1. The monoisotopic (exact) mass is 321 g/mol. The summed E-state index contributed by atoms with van der Waals surface area (Å²) in [5, 5.41) is 2.48. The minimum absolute atomic E-state index is 0.179. The van der Waals surface area contributed by atoms with Gasteiger partial charge in [-0.2, -0.15) is 0 Å². The number of hydrogen-bond donors (Lipinski definition) is 1. The molecular weight excluding hydrogens is 309 g/mol. The summed E-state index contributed by atoms with van der Waals surface area (Å²) in [6.07, 6.45) is 0. The summed E-state index contributed by atoms with van der Waals surface area (Å²) >= 11 is 2.77. The van der Waals surface area contributed by atoms with Crippen LogP contribution in [-0.2, 0) is 6.54 Å². The van der Waals surface area contributed by atoms with Crippen LogP contribution in [0.5, 0.6) is 0 Å². The Bertz CT molecular complexity index is 798. The summed E-state index contributed by atoms with van der Waals surface area (Å²) in [5.41, 5.74) is 8.90. The van der Waals surface area contributed by atoms with Crippen LogP contribution in [0.15, 0.2) is 29.1 Å². The molecule has 21 heavy (non-hydrogen) atoms. The van der Waals surface area contributed by atoms with Crippen molar-refractivity contribution < 1.29 is 9.18 Å². The van der Waals surface area contributed by atoms with Crippen molar-refractivity contribution in [2.75, 3.05) is 12.8 Å². The van der Waals surface area contributed by atoms with E-state index in [1.54, 1.807) is 23.5 Å². The number of aromatic nitrogens is 1. The number of fused-ring (bicyclic) bond motifs is 1. The average Bonchev–Trinajstić information content (AvgIpc) is 3.07. The van der Waals surface area contributed by atoms with E-state index in [2.05, 4.69) is 4.98 Å². The molecule has 3 rings (SSSR count). The molecule has 1 amide bonds. The number of amides is 1. The van der Waals surface area contributed by atoms with Crippen molar-refractivity contribution in [1.29, 1.82) is 0 Å². The summed E-state index contributed by atoms with van der Waals surface area (Å²) in [4.78, 5) is 18.6. The van der Waals surface area contributed by atoms with Gasteiger partial charge in [0.05, 0.1) is 23.4 Å². The van der Waals surface area contributed by atoms with Crippen LogP contribution in [-0.4, -0.2) is 22.8 Å². The van der Waals surface area contributed by atoms with E-state index in [1.165, 1.54) is 34.8 Å². The third-order valence-corrected chi connectivity index (χ3v) is 4.92. The largest absolute Gasteiger partial charge is 0.397 e. The van der Waals surface area contributed by atoms with Crippen molar-refractivity contribution in [1.82, 2.24) is 9.88 Å². The number of thiazole rings is 1. The predicted octanol–water partition coefficient (Wildman–Crippen LogP) is 3.35. The molecule has 0 fully saturated rings. The topological polar surface area (TPSA) is 59.2 Å². The molecule has 0 unspecified atom stereocenters. The van der Waals surface area contributed by atoms with Crippen LogP contribution < -0.4 is 5.73 Å². The van der Waals surface area contributed by atoms with Crippen molar-refractivity contribution in [2.24, 2.45) is 0 Å². The molecule has 2 N–H and O–H groups in total. The lowest BCUT2D eigenvalue weighted by Crippen LogP contribution is -2.26. The molecular formula is C14H12FN3OS2. The standard InChI is InChI=1S/C14H12FN3OS2/c1-18(5-9-6-20-7-17-9)14(19)13-12(16)10-4-8(15)2-3-11(10)21-13/h2-4,6-7H,5,16H2,1H3. The number of nitrogens with two attached hydrogens (primary N) is 1. The van der Waals surface area contributed by atoms with Crippen molar-refractivity contribution >= 4 is 44.4 Å². The van der Waals surface area contributed by atoms with Gasteiger partial charge in [-0.1, -0.05) is 0 Å². The number of halogens is 1. The van der Waals surface area contributed by atoms with Crippen LogP contribution >= 0.6 is 22.7 Å². The Balaban J connectivity index is 1.92. The lowest BCUT2D eigenvalue weighted by atomic mass is 10.2. The van der Waals surface area contributed by atoms with Gasteiger partial charge in [0.25, 0.3) is 5.91 Å². The molecule has 1 aromatic carbocycles. The molecule has 0 atom stereocenters.